The van der Waals surface area contributed by atoms with E-state index >= 15 is 0 Å². The summed E-state index contributed by atoms with van der Waals surface area (Å²) in [5.74, 6) is -1.22. The van der Waals surface area contributed by atoms with Crippen molar-refractivity contribution in [3.8, 4) is 0 Å². The average molecular weight is 147 g/mol. The molecule has 4 heteroatoms. The molecule has 0 aromatic carbocycles. The van der Waals surface area contributed by atoms with Crippen molar-refractivity contribution >= 4 is 5.97 Å². The van der Waals surface area contributed by atoms with E-state index in [-0.39, 0.29) is 6.79 Å². The highest BCUT2D eigenvalue weighted by atomic mass is 16.7. The summed E-state index contributed by atoms with van der Waals surface area (Å²) >= 11 is 0. The van der Waals surface area contributed by atoms with Crippen LogP contribution in [0.1, 0.15) is 13.8 Å². The van der Waals surface area contributed by atoms with E-state index in [1.807, 2.05) is 0 Å². The quantitative estimate of drug-likeness (QED) is 0.416. The molecular weight excluding hydrogens is 136 g/mol. The Morgan fingerprint density at radius 1 is 1.60 bits per heavy atom. The average Bonchev–Trinajstić information content (AvgIpc) is 1.88. The molecule has 0 aliphatic heterocycles. The number of carbonyl (C=O) groups excluding carboxylic acids is 1. The summed E-state index contributed by atoms with van der Waals surface area (Å²) < 4.78 is 9.40. The fourth-order valence-corrected chi connectivity index (χ4v) is 0.302. The number of carbonyl (C=O) groups is 1. The first-order chi connectivity index (χ1) is 4.68. The second kappa shape index (κ2) is 5.20. The maximum Gasteiger partial charge on any atom is 0.383 e. The Balaban J connectivity index is 3.21. The van der Waals surface area contributed by atoms with Gasteiger partial charge in [0, 0.05) is 6.61 Å². The van der Waals surface area contributed by atoms with Crippen LogP contribution in [-0.4, -0.2) is 25.5 Å². The van der Waals surface area contributed by atoms with Gasteiger partial charge in [-0.2, -0.15) is 0 Å². The standard InChI is InChI=1S/C6H11O4/c1-3-9-4-10-5(2)6(7)8/h5H,3-4H2,1-2H3/t5-/m0/s1. The van der Waals surface area contributed by atoms with Crippen molar-refractivity contribution in [1.29, 1.82) is 0 Å². The van der Waals surface area contributed by atoms with Gasteiger partial charge in [-0.15, -0.1) is 0 Å². The maximum atomic E-state index is 10.0. The summed E-state index contributed by atoms with van der Waals surface area (Å²) in [6.45, 7) is 3.72. The molecule has 0 aromatic heterocycles. The second-order valence-electron chi connectivity index (χ2n) is 1.74. The minimum atomic E-state index is -1.22. The van der Waals surface area contributed by atoms with E-state index < -0.39 is 12.1 Å². The van der Waals surface area contributed by atoms with Crippen LogP contribution >= 0.6 is 0 Å². The van der Waals surface area contributed by atoms with E-state index in [1.54, 1.807) is 6.92 Å². The first-order valence-electron chi connectivity index (χ1n) is 3.08. The molecule has 0 saturated carbocycles. The first kappa shape index (κ1) is 9.39. The summed E-state index contributed by atoms with van der Waals surface area (Å²) in [6, 6.07) is 0. The van der Waals surface area contributed by atoms with Crippen LogP contribution in [0, 0.1) is 0 Å². The highest BCUT2D eigenvalue weighted by molar-refractivity contribution is 5.71. The van der Waals surface area contributed by atoms with Gasteiger partial charge in [-0.25, -0.2) is 9.90 Å². The Hall–Kier alpha value is -0.610. The third-order valence-electron chi connectivity index (χ3n) is 0.937. The van der Waals surface area contributed by atoms with Crippen molar-refractivity contribution in [1.82, 2.24) is 0 Å². The number of ether oxygens (including phenoxy) is 2. The fourth-order valence-electron chi connectivity index (χ4n) is 0.302. The van der Waals surface area contributed by atoms with Crippen LogP contribution < -0.4 is 0 Å². The second-order valence-corrected chi connectivity index (χ2v) is 1.74. The van der Waals surface area contributed by atoms with Gasteiger partial charge in [0.25, 0.3) is 0 Å². The van der Waals surface area contributed by atoms with Crippen LogP contribution in [-0.2, 0) is 19.4 Å². The minimum absolute atomic E-state index is 0.00560. The summed E-state index contributed by atoms with van der Waals surface area (Å²) in [5.41, 5.74) is 0. The van der Waals surface area contributed by atoms with Crippen LogP contribution in [0.4, 0.5) is 0 Å². The van der Waals surface area contributed by atoms with E-state index in [2.05, 4.69) is 4.74 Å². The van der Waals surface area contributed by atoms with Gasteiger partial charge in [0.05, 0.1) is 0 Å². The summed E-state index contributed by atoms with van der Waals surface area (Å²) in [7, 11) is 0. The minimum Gasteiger partial charge on any atom is -0.356 e. The fraction of sp³-hybridized carbons (Fsp3) is 0.833. The lowest BCUT2D eigenvalue weighted by Gasteiger charge is -2.05. The van der Waals surface area contributed by atoms with Crippen molar-refractivity contribution in [3.63, 3.8) is 0 Å². The third-order valence-corrected chi connectivity index (χ3v) is 0.937. The van der Waals surface area contributed by atoms with Gasteiger partial charge in [-0.05, 0) is 13.8 Å². The van der Waals surface area contributed by atoms with Crippen LogP contribution in [0.2, 0.25) is 0 Å². The molecule has 10 heavy (non-hydrogen) atoms. The third kappa shape index (κ3) is 4.29. The Bertz CT molecular complexity index is 102. The molecule has 0 bridgehead atoms. The molecule has 0 spiro atoms. The van der Waals surface area contributed by atoms with Crippen molar-refractivity contribution < 1.29 is 19.4 Å². The largest absolute Gasteiger partial charge is 0.383 e. The van der Waals surface area contributed by atoms with Gasteiger partial charge in [0.2, 0.25) is 0 Å². The van der Waals surface area contributed by atoms with Gasteiger partial charge >= 0.3 is 5.97 Å². The molecule has 0 N–H and O–H groups in total. The Kier molecular flexibility index (Phi) is 4.88. The molecule has 4 nitrogen and oxygen atoms in total. The first-order valence-corrected chi connectivity index (χ1v) is 3.08. The molecule has 1 atom stereocenters. The number of hydrogen-bond donors (Lipinski definition) is 0. The van der Waals surface area contributed by atoms with E-state index in [9.17, 15) is 9.90 Å². The molecule has 0 unspecified atom stereocenters. The van der Waals surface area contributed by atoms with Crippen LogP contribution in [0.15, 0.2) is 0 Å². The highest BCUT2D eigenvalue weighted by Crippen LogP contribution is 1.90. The van der Waals surface area contributed by atoms with Crippen LogP contribution in [0.5, 0.6) is 0 Å². The molecular formula is C6H11O4. The monoisotopic (exact) mass is 147 g/mol. The zero-order valence-corrected chi connectivity index (χ0v) is 6.12. The topological polar surface area (TPSA) is 55.4 Å². The van der Waals surface area contributed by atoms with Gasteiger partial charge < -0.3 is 9.47 Å². The highest BCUT2D eigenvalue weighted by Gasteiger charge is 2.12. The van der Waals surface area contributed by atoms with E-state index in [0.29, 0.717) is 6.61 Å². The molecule has 0 aromatic rings. The van der Waals surface area contributed by atoms with E-state index in [4.69, 9.17) is 4.74 Å². The SMILES string of the molecule is CCOCO[C@@H](C)C([O])=O. The van der Waals surface area contributed by atoms with E-state index in [1.165, 1.54) is 6.92 Å². The van der Waals surface area contributed by atoms with Crippen LogP contribution in [0.3, 0.4) is 0 Å². The van der Waals surface area contributed by atoms with Crippen LogP contribution in [0.25, 0.3) is 0 Å². The number of rotatable bonds is 5. The van der Waals surface area contributed by atoms with Gasteiger partial charge in [-0.1, -0.05) is 0 Å². The summed E-state index contributed by atoms with van der Waals surface area (Å²) in [5, 5.41) is 10.0. The van der Waals surface area contributed by atoms with Gasteiger partial charge in [0.15, 0.2) is 6.10 Å². The maximum absolute atomic E-state index is 10.0. The van der Waals surface area contributed by atoms with Gasteiger partial charge in [-0.3, -0.25) is 0 Å². The Morgan fingerprint density at radius 3 is 2.60 bits per heavy atom. The zero-order valence-electron chi connectivity index (χ0n) is 6.12. The predicted molar refractivity (Wildman–Crippen MR) is 32.7 cm³/mol. The van der Waals surface area contributed by atoms with Crippen molar-refractivity contribution in [2.24, 2.45) is 0 Å². The Morgan fingerprint density at radius 2 is 2.20 bits per heavy atom. The van der Waals surface area contributed by atoms with Gasteiger partial charge in [0.1, 0.15) is 6.79 Å². The predicted octanol–water partition coefficient (Wildman–Crippen LogP) is 0.343. The lowest BCUT2D eigenvalue weighted by molar-refractivity contribution is -0.164. The molecule has 0 aliphatic rings. The summed E-state index contributed by atoms with van der Waals surface area (Å²) in [4.78, 5) is 10.0. The Labute approximate surface area is 59.7 Å². The van der Waals surface area contributed by atoms with Crippen molar-refractivity contribution in [2.45, 2.75) is 20.0 Å². The molecule has 1 radical (unpaired) electrons. The lowest BCUT2D eigenvalue weighted by Crippen LogP contribution is -2.20. The molecule has 0 amide bonds. The van der Waals surface area contributed by atoms with Crippen molar-refractivity contribution in [3.05, 3.63) is 0 Å². The molecule has 0 fully saturated rings. The normalized spacial score (nSPS) is 13.0. The molecule has 0 aliphatic carbocycles. The molecule has 59 valence electrons. The molecule has 0 rings (SSSR count). The summed E-state index contributed by atoms with van der Waals surface area (Å²) in [6.07, 6.45) is -0.897. The lowest BCUT2D eigenvalue weighted by atomic mass is 10.4. The molecule has 0 saturated heterocycles. The van der Waals surface area contributed by atoms with Crippen molar-refractivity contribution in [2.75, 3.05) is 13.4 Å². The smallest absolute Gasteiger partial charge is 0.356 e. The molecule has 0 heterocycles. The van der Waals surface area contributed by atoms with E-state index in [0.717, 1.165) is 0 Å². The number of hydrogen-bond acceptors (Lipinski definition) is 3. The zero-order chi connectivity index (χ0) is 7.98.